The summed E-state index contributed by atoms with van der Waals surface area (Å²) in [6, 6.07) is 7.99. The Morgan fingerprint density at radius 3 is 2.20 bits per heavy atom. The topological polar surface area (TPSA) is 201 Å². The van der Waals surface area contributed by atoms with Gasteiger partial charge < -0.3 is 36.4 Å². The standard InChI is InChI=1S/C20H13ClF4N4O3.C4H6O5/c21-14-3-1-10(7-13(14)20(23,24)25)28-19(31)29-16-4-2-11(8-15(16)22)32-12-5-6-27-17(9-12)18(26)30;5-2(4(8)9)1-3(6)7/h1-9H,(H2,26,30)(H2,28,29,31);2,5H,1H2,(H,6,7)(H,8,9). The van der Waals surface area contributed by atoms with Crippen molar-refractivity contribution in [1.29, 1.82) is 0 Å². The van der Waals surface area contributed by atoms with Gasteiger partial charge in [0.2, 0.25) is 0 Å². The van der Waals surface area contributed by atoms with Crippen LogP contribution in [0.25, 0.3) is 0 Å². The van der Waals surface area contributed by atoms with Gasteiger partial charge in [-0.1, -0.05) is 11.6 Å². The first-order valence-electron chi connectivity index (χ1n) is 10.9. The van der Waals surface area contributed by atoms with Gasteiger partial charge in [0.05, 0.1) is 22.7 Å². The second kappa shape index (κ2) is 13.9. The number of alkyl halides is 3. The number of nitrogens with zero attached hydrogens (tertiary/aromatic N) is 1. The average Bonchev–Trinajstić information content (AvgIpc) is 2.86. The number of ether oxygens (including phenoxy) is 1. The Balaban J connectivity index is 0.000000564. The zero-order valence-corrected chi connectivity index (χ0v) is 21.0. The van der Waals surface area contributed by atoms with E-state index in [1.54, 1.807) is 0 Å². The Labute approximate surface area is 232 Å². The van der Waals surface area contributed by atoms with Crippen molar-refractivity contribution < 1.29 is 56.8 Å². The predicted molar refractivity (Wildman–Crippen MR) is 134 cm³/mol. The molecule has 1 unspecified atom stereocenters. The first-order valence-corrected chi connectivity index (χ1v) is 11.2. The number of aliphatic hydroxyl groups is 1. The Bertz CT molecular complexity index is 1460. The molecule has 7 N–H and O–H groups in total. The lowest BCUT2D eigenvalue weighted by Crippen LogP contribution is -2.22. The third-order valence-corrected chi connectivity index (χ3v) is 4.92. The molecule has 3 rings (SSSR count). The van der Waals surface area contributed by atoms with Crippen LogP contribution in [0.3, 0.4) is 0 Å². The smallest absolute Gasteiger partial charge is 0.417 e. The number of benzene rings is 2. The highest BCUT2D eigenvalue weighted by Gasteiger charge is 2.33. The van der Waals surface area contributed by atoms with Crippen LogP contribution in [0, 0.1) is 5.82 Å². The van der Waals surface area contributed by atoms with Gasteiger partial charge in [-0.15, -0.1) is 0 Å². The van der Waals surface area contributed by atoms with Crippen molar-refractivity contribution in [3.63, 3.8) is 0 Å². The molecule has 0 aliphatic carbocycles. The number of hydrogen-bond donors (Lipinski definition) is 6. The number of carbonyl (C=O) groups is 4. The number of pyridine rings is 1. The minimum Gasteiger partial charge on any atom is -0.481 e. The number of hydrogen-bond acceptors (Lipinski definition) is 7. The molecule has 41 heavy (non-hydrogen) atoms. The van der Waals surface area contributed by atoms with Crippen molar-refractivity contribution in [2.75, 3.05) is 10.6 Å². The number of carboxylic acid groups (broad SMARTS) is 2. The number of primary amides is 1. The summed E-state index contributed by atoms with van der Waals surface area (Å²) in [5, 5.41) is 28.0. The highest BCUT2D eigenvalue weighted by Crippen LogP contribution is 2.36. The molecule has 0 spiro atoms. The van der Waals surface area contributed by atoms with Crippen LogP contribution in [0.15, 0.2) is 54.7 Å². The number of urea groups is 1. The van der Waals surface area contributed by atoms with E-state index in [-0.39, 0.29) is 28.6 Å². The fourth-order valence-electron chi connectivity index (χ4n) is 2.76. The van der Waals surface area contributed by atoms with E-state index in [2.05, 4.69) is 15.6 Å². The number of carbonyl (C=O) groups excluding carboxylic acids is 2. The van der Waals surface area contributed by atoms with Crippen LogP contribution in [0.5, 0.6) is 11.5 Å². The first kappa shape index (κ1) is 32.3. The summed E-state index contributed by atoms with van der Waals surface area (Å²) in [6.07, 6.45) is -5.97. The Hall–Kier alpha value is -4.96. The molecular weight excluding hydrogens is 584 g/mol. The molecule has 1 aromatic heterocycles. The zero-order chi connectivity index (χ0) is 30.9. The molecule has 3 aromatic rings. The minimum absolute atomic E-state index is 0.0441. The van der Waals surface area contributed by atoms with Crippen molar-refractivity contribution in [2.45, 2.75) is 18.7 Å². The van der Waals surface area contributed by atoms with Crippen LogP contribution < -0.4 is 21.1 Å². The summed E-state index contributed by atoms with van der Waals surface area (Å²) in [6.45, 7) is 0. The first-order chi connectivity index (χ1) is 19.1. The van der Waals surface area contributed by atoms with Gasteiger partial charge in [0, 0.05) is 24.0 Å². The number of halogens is 5. The monoisotopic (exact) mass is 602 g/mol. The number of aliphatic hydroxyl groups excluding tert-OH is 1. The molecule has 0 saturated heterocycles. The summed E-state index contributed by atoms with van der Waals surface area (Å²) >= 11 is 5.53. The average molecular weight is 603 g/mol. The maximum Gasteiger partial charge on any atom is 0.417 e. The van der Waals surface area contributed by atoms with Crippen molar-refractivity contribution in [1.82, 2.24) is 4.98 Å². The number of anilines is 2. The van der Waals surface area contributed by atoms with Gasteiger partial charge in [-0.2, -0.15) is 13.2 Å². The summed E-state index contributed by atoms with van der Waals surface area (Å²) in [5.74, 6) is -4.27. The summed E-state index contributed by atoms with van der Waals surface area (Å²) in [5.41, 5.74) is 3.51. The molecule has 0 fully saturated rings. The second-order valence-corrected chi connectivity index (χ2v) is 8.12. The number of nitrogens with one attached hydrogen (secondary N) is 2. The fraction of sp³-hybridized carbons (Fsp3) is 0.125. The quantitative estimate of drug-likeness (QED) is 0.203. The second-order valence-electron chi connectivity index (χ2n) is 7.71. The lowest BCUT2D eigenvalue weighted by atomic mass is 10.2. The summed E-state index contributed by atoms with van der Waals surface area (Å²) in [4.78, 5) is 46.4. The number of rotatable bonds is 8. The van der Waals surface area contributed by atoms with E-state index in [4.69, 9.17) is 37.4 Å². The molecule has 1 atom stereocenters. The van der Waals surface area contributed by atoms with Gasteiger partial charge in [0.25, 0.3) is 5.91 Å². The lowest BCUT2D eigenvalue weighted by Gasteiger charge is -2.13. The van der Waals surface area contributed by atoms with Gasteiger partial charge in [0.15, 0.2) is 6.10 Å². The molecule has 0 bridgehead atoms. The van der Waals surface area contributed by atoms with Crippen molar-refractivity contribution in [3.8, 4) is 11.5 Å². The van der Waals surface area contributed by atoms with E-state index in [1.807, 2.05) is 0 Å². The Morgan fingerprint density at radius 2 is 1.66 bits per heavy atom. The van der Waals surface area contributed by atoms with Gasteiger partial charge in [-0.3, -0.25) is 14.6 Å². The molecule has 2 aromatic carbocycles. The highest BCUT2D eigenvalue weighted by molar-refractivity contribution is 6.31. The predicted octanol–water partition coefficient (Wildman–Crippen LogP) is 4.33. The molecule has 0 aliphatic rings. The molecule has 0 radical (unpaired) electrons. The summed E-state index contributed by atoms with van der Waals surface area (Å²) in [7, 11) is 0. The van der Waals surface area contributed by atoms with E-state index < -0.39 is 59.0 Å². The largest absolute Gasteiger partial charge is 0.481 e. The Morgan fingerprint density at radius 1 is 1.00 bits per heavy atom. The van der Waals surface area contributed by atoms with Gasteiger partial charge in [0.1, 0.15) is 23.0 Å². The van der Waals surface area contributed by atoms with E-state index in [0.29, 0.717) is 6.07 Å². The SMILES string of the molecule is NC(=O)c1cc(Oc2ccc(NC(=O)Nc3ccc(Cl)c(C(F)(F)F)c3)c(F)c2)ccn1.O=C(O)CC(O)C(=O)O. The van der Waals surface area contributed by atoms with Crippen LogP contribution >= 0.6 is 11.6 Å². The van der Waals surface area contributed by atoms with E-state index in [1.165, 1.54) is 36.5 Å². The molecule has 1 heterocycles. The molecule has 17 heteroatoms. The molecular formula is C24H19ClF4N4O8. The van der Waals surface area contributed by atoms with Crippen molar-refractivity contribution >= 4 is 46.9 Å². The van der Waals surface area contributed by atoms with E-state index >= 15 is 0 Å². The third kappa shape index (κ3) is 10.3. The fourth-order valence-corrected chi connectivity index (χ4v) is 2.99. The van der Waals surface area contributed by atoms with Crippen LogP contribution in [-0.2, 0) is 15.8 Å². The molecule has 0 aliphatic heterocycles. The zero-order valence-electron chi connectivity index (χ0n) is 20.3. The van der Waals surface area contributed by atoms with E-state index in [0.717, 1.165) is 12.1 Å². The van der Waals surface area contributed by atoms with Crippen molar-refractivity contribution in [3.05, 3.63) is 76.8 Å². The lowest BCUT2D eigenvalue weighted by molar-refractivity contribution is -0.152. The number of aliphatic carboxylic acids is 2. The summed E-state index contributed by atoms with van der Waals surface area (Å²) < 4.78 is 58.5. The molecule has 3 amide bonds. The number of carboxylic acids is 2. The maximum atomic E-state index is 14.4. The van der Waals surface area contributed by atoms with E-state index in [9.17, 15) is 36.7 Å². The van der Waals surface area contributed by atoms with Gasteiger partial charge >= 0.3 is 24.1 Å². The minimum atomic E-state index is -4.71. The van der Waals surface area contributed by atoms with Crippen molar-refractivity contribution in [2.24, 2.45) is 5.73 Å². The van der Waals surface area contributed by atoms with Crippen LogP contribution in [-0.4, -0.2) is 50.3 Å². The van der Waals surface area contributed by atoms with Crippen LogP contribution in [0.2, 0.25) is 5.02 Å². The molecule has 0 saturated carbocycles. The normalized spacial score (nSPS) is 11.4. The van der Waals surface area contributed by atoms with Crippen LogP contribution in [0.4, 0.5) is 33.7 Å². The molecule has 12 nitrogen and oxygen atoms in total. The Kier molecular flexibility index (Phi) is 10.9. The van der Waals surface area contributed by atoms with Crippen LogP contribution in [0.1, 0.15) is 22.5 Å². The van der Waals surface area contributed by atoms with Gasteiger partial charge in [-0.05, 0) is 36.4 Å². The number of nitrogens with two attached hydrogens (primary N) is 1. The maximum absolute atomic E-state index is 14.4. The van der Waals surface area contributed by atoms with Gasteiger partial charge in [-0.25, -0.2) is 14.0 Å². The highest BCUT2D eigenvalue weighted by atomic mass is 35.5. The third-order valence-electron chi connectivity index (χ3n) is 4.59. The number of amides is 3. The number of aromatic nitrogens is 1. The molecule has 218 valence electrons.